The zero-order valence-electron chi connectivity index (χ0n) is 19.2. The number of piperazine rings is 1. The van der Waals surface area contributed by atoms with E-state index in [-0.39, 0.29) is 11.6 Å². The first-order valence-corrected chi connectivity index (χ1v) is 11.7. The molecule has 2 aliphatic rings. The van der Waals surface area contributed by atoms with Gasteiger partial charge in [-0.15, -0.1) is 0 Å². The maximum absolute atomic E-state index is 13.7. The van der Waals surface area contributed by atoms with Gasteiger partial charge in [0.1, 0.15) is 11.6 Å². The first-order valence-electron chi connectivity index (χ1n) is 11.3. The number of rotatable bonds is 6. The van der Waals surface area contributed by atoms with Crippen LogP contribution in [0.25, 0.3) is 0 Å². The number of nitrogens with one attached hydrogen (secondary N) is 1. The van der Waals surface area contributed by atoms with E-state index in [2.05, 4.69) is 15.2 Å². The summed E-state index contributed by atoms with van der Waals surface area (Å²) >= 11 is 5.30. The quantitative estimate of drug-likeness (QED) is 0.604. The number of thiocarbonyl (C=S) groups is 1. The molecule has 0 spiro atoms. The molecule has 1 N–H and O–H groups in total. The van der Waals surface area contributed by atoms with E-state index in [0.29, 0.717) is 12.8 Å². The number of nitriles is 1. The van der Waals surface area contributed by atoms with E-state index in [1.165, 1.54) is 23.5 Å². The zero-order chi connectivity index (χ0) is 25.2. The number of nitrogens with zero attached hydrogens (tertiary/aromatic N) is 5. The molecule has 0 radical (unpaired) electrons. The molecule has 1 saturated carbocycles. The van der Waals surface area contributed by atoms with Crippen molar-refractivity contribution in [3.8, 4) is 6.07 Å². The largest absolute Gasteiger partial charge is 0.419 e. The molecule has 4 rings (SSSR count). The molecular formula is C24H25F3N6OS. The van der Waals surface area contributed by atoms with Gasteiger partial charge in [-0.05, 0) is 49.6 Å². The number of carbonyl (C=O) groups is 1. The lowest BCUT2D eigenvalue weighted by Gasteiger charge is -2.49. The van der Waals surface area contributed by atoms with Gasteiger partial charge >= 0.3 is 6.18 Å². The normalized spacial score (nSPS) is 17.2. The highest BCUT2D eigenvalue weighted by Crippen LogP contribution is 2.42. The van der Waals surface area contributed by atoms with Gasteiger partial charge in [-0.2, -0.15) is 18.4 Å². The average molecular weight is 503 g/mol. The number of halogens is 3. The van der Waals surface area contributed by atoms with Crippen molar-refractivity contribution < 1.29 is 18.0 Å². The van der Waals surface area contributed by atoms with Crippen molar-refractivity contribution in [1.29, 1.82) is 5.26 Å². The van der Waals surface area contributed by atoms with Crippen molar-refractivity contribution in [3.05, 3.63) is 47.8 Å². The van der Waals surface area contributed by atoms with E-state index in [4.69, 9.17) is 17.5 Å². The molecule has 1 saturated heterocycles. The predicted octanol–water partition coefficient (Wildman–Crippen LogP) is 3.73. The summed E-state index contributed by atoms with van der Waals surface area (Å²) in [6.45, 7) is 3.64. The maximum atomic E-state index is 13.7. The van der Waals surface area contributed by atoms with Crippen molar-refractivity contribution >= 4 is 40.7 Å². The van der Waals surface area contributed by atoms with Crippen molar-refractivity contribution in [1.82, 2.24) is 10.3 Å². The lowest BCUT2D eigenvalue weighted by atomic mass is 9.74. The van der Waals surface area contributed by atoms with Crippen LogP contribution in [0.2, 0.25) is 0 Å². The summed E-state index contributed by atoms with van der Waals surface area (Å²) < 4.78 is 40.3. The van der Waals surface area contributed by atoms with E-state index in [0.717, 1.165) is 56.2 Å². The Labute approximate surface area is 207 Å². The molecule has 1 aliphatic heterocycles. The maximum Gasteiger partial charge on any atom is 0.419 e. The number of pyridine rings is 1. The van der Waals surface area contributed by atoms with Crippen LogP contribution in [-0.2, 0) is 11.0 Å². The Hall–Kier alpha value is -3.23. The van der Waals surface area contributed by atoms with Crippen LogP contribution in [0.3, 0.4) is 0 Å². The fraction of sp³-hybridized carbons (Fsp3) is 0.417. The number of amides is 1. The molecule has 0 unspecified atom stereocenters. The average Bonchev–Trinajstić information content (AvgIpc) is 2.85. The molecule has 11 heteroatoms. The molecule has 2 fully saturated rings. The van der Waals surface area contributed by atoms with Crippen LogP contribution in [0.1, 0.15) is 30.5 Å². The van der Waals surface area contributed by atoms with Gasteiger partial charge in [-0.3, -0.25) is 4.79 Å². The number of aromatic nitrogens is 1. The van der Waals surface area contributed by atoms with Gasteiger partial charge in [-0.1, -0.05) is 12.2 Å². The van der Waals surface area contributed by atoms with E-state index in [1.54, 1.807) is 4.90 Å². The van der Waals surface area contributed by atoms with E-state index >= 15 is 0 Å². The molecule has 2 heterocycles. The van der Waals surface area contributed by atoms with Crippen molar-refractivity contribution in [3.63, 3.8) is 0 Å². The van der Waals surface area contributed by atoms with Crippen LogP contribution in [0, 0.1) is 11.3 Å². The van der Waals surface area contributed by atoms with Crippen molar-refractivity contribution in [2.24, 2.45) is 0 Å². The Balaban J connectivity index is 1.61. The highest BCUT2D eigenvalue weighted by atomic mass is 32.1. The fourth-order valence-corrected chi connectivity index (χ4v) is 4.92. The summed E-state index contributed by atoms with van der Waals surface area (Å²) in [4.78, 5) is 22.5. The minimum atomic E-state index is -4.77. The Kier molecular flexibility index (Phi) is 6.96. The Morgan fingerprint density at radius 2 is 1.89 bits per heavy atom. The van der Waals surface area contributed by atoms with Gasteiger partial charge in [0.25, 0.3) is 5.91 Å². The topological polar surface area (TPSA) is 75.5 Å². The van der Waals surface area contributed by atoms with E-state index < -0.39 is 23.0 Å². The predicted molar refractivity (Wildman–Crippen MR) is 132 cm³/mol. The molecule has 1 amide bonds. The molecule has 0 atom stereocenters. The number of hydrogen-bond donors (Lipinski definition) is 1. The minimum absolute atomic E-state index is 0.0361. The number of carbonyl (C=O) groups excluding carboxylic acids is 1. The summed E-state index contributed by atoms with van der Waals surface area (Å²) in [5, 5.41) is 12.3. The molecule has 1 aromatic carbocycles. The monoisotopic (exact) mass is 502 g/mol. The van der Waals surface area contributed by atoms with Crippen molar-refractivity contribution in [2.45, 2.75) is 31.0 Å². The van der Waals surface area contributed by atoms with Gasteiger partial charge in [-0.25, -0.2) is 4.98 Å². The van der Waals surface area contributed by atoms with Crippen LogP contribution in [0.4, 0.5) is 30.2 Å². The smallest absolute Gasteiger partial charge is 0.369 e. The van der Waals surface area contributed by atoms with Gasteiger partial charge in [0.15, 0.2) is 5.69 Å². The highest BCUT2D eigenvalue weighted by molar-refractivity contribution is 7.79. The SMILES string of the molecule is CN(C(=O)C1(N(C=S)c2ccc(N3CCNCC3)cc2)CCC1)c1cnc(C#N)c(C(F)(F)F)c1. The van der Waals surface area contributed by atoms with E-state index in [9.17, 15) is 18.0 Å². The second kappa shape index (κ2) is 9.79. The first-order chi connectivity index (χ1) is 16.7. The van der Waals surface area contributed by atoms with Gasteiger partial charge < -0.3 is 20.0 Å². The van der Waals surface area contributed by atoms with Crippen LogP contribution < -0.4 is 20.0 Å². The third kappa shape index (κ3) is 4.68. The third-order valence-corrected chi connectivity index (χ3v) is 6.94. The zero-order valence-corrected chi connectivity index (χ0v) is 20.0. The minimum Gasteiger partial charge on any atom is -0.369 e. The van der Waals surface area contributed by atoms with Crippen LogP contribution in [-0.4, -0.2) is 55.1 Å². The number of hydrogen-bond acceptors (Lipinski definition) is 6. The van der Waals surface area contributed by atoms with E-state index in [1.807, 2.05) is 24.3 Å². The Morgan fingerprint density at radius 1 is 1.23 bits per heavy atom. The molecule has 1 aromatic heterocycles. The van der Waals surface area contributed by atoms with Gasteiger partial charge in [0, 0.05) is 44.6 Å². The standard InChI is InChI=1S/C24H25F3N6OS/c1-31(19-13-20(24(25,26)27)21(14-28)30-15-19)22(34)23(7-2-8-23)33(16-35)18-5-3-17(4-6-18)32-11-9-29-10-12-32/h3-6,13,15-16,29H,2,7-12H2,1H3. The highest BCUT2D eigenvalue weighted by Gasteiger charge is 2.50. The molecule has 7 nitrogen and oxygen atoms in total. The molecule has 2 aromatic rings. The van der Waals surface area contributed by atoms with Gasteiger partial charge in [0.05, 0.1) is 22.9 Å². The lowest BCUT2D eigenvalue weighted by molar-refractivity contribution is -0.138. The first kappa shape index (κ1) is 24.9. The number of anilines is 3. The van der Waals surface area contributed by atoms with Crippen LogP contribution in [0.15, 0.2) is 36.5 Å². The second-order valence-corrected chi connectivity index (χ2v) is 8.89. The number of alkyl halides is 3. The van der Waals surface area contributed by atoms with Gasteiger partial charge in [0.2, 0.25) is 0 Å². The number of benzene rings is 1. The summed E-state index contributed by atoms with van der Waals surface area (Å²) in [6, 6.07) is 10.1. The summed E-state index contributed by atoms with van der Waals surface area (Å²) in [6.07, 6.45) is -1.84. The second-order valence-electron chi connectivity index (χ2n) is 8.68. The molecular weight excluding hydrogens is 477 g/mol. The molecule has 35 heavy (non-hydrogen) atoms. The Morgan fingerprint density at radius 3 is 2.40 bits per heavy atom. The lowest BCUT2D eigenvalue weighted by Crippen LogP contribution is -2.63. The molecule has 1 aliphatic carbocycles. The fourth-order valence-electron chi connectivity index (χ4n) is 4.60. The summed E-state index contributed by atoms with van der Waals surface area (Å²) in [5.74, 6) is -0.379. The molecule has 184 valence electrons. The van der Waals surface area contributed by atoms with Crippen molar-refractivity contribution in [2.75, 3.05) is 47.9 Å². The summed E-state index contributed by atoms with van der Waals surface area (Å²) in [7, 11) is 1.42. The molecule has 0 bridgehead atoms. The van der Waals surface area contributed by atoms with Crippen LogP contribution >= 0.6 is 12.2 Å². The Bertz CT molecular complexity index is 1140. The van der Waals surface area contributed by atoms with Crippen LogP contribution in [0.5, 0.6) is 0 Å². The number of likely N-dealkylation sites (N-methyl/N-ethyl adjacent to an activating group) is 1. The third-order valence-electron chi connectivity index (χ3n) is 6.73. The summed E-state index contributed by atoms with van der Waals surface area (Å²) in [5.41, 5.74) is 0.317.